The first-order valence-electron chi connectivity index (χ1n) is 7.63. The number of hydrogen-bond acceptors (Lipinski definition) is 6. The summed E-state index contributed by atoms with van der Waals surface area (Å²) < 4.78 is 18.4. The zero-order valence-electron chi connectivity index (χ0n) is 13.9. The molecule has 0 bridgehead atoms. The van der Waals surface area contributed by atoms with E-state index in [9.17, 15) is 4.39 Å². The minimum absolute atomic E-state index is 0.0560. The lowest BCUT2D eigenvalue weighted by atomic mass is 10.2. The Morgan fingerprint density at radius 1 is 1.08 bits per heavy atom. The van der Waals surface area contributed by atoms with Gasteiger partial charge in [-0.3, -0.25) is 0 Å². The van der Waals surface area contributed by atoms with Crippen molar-refractivity contribution in [3.05, 3.63) is 65.8 Å². The molecule has 3 rings (SSSR count). The number of halogens is 1. The predicted octanol–water partition coefficient (Wildman–Crippen LogP) is 3.49. The number of nitrogens with zero attached hydrogens (tertiary/aromatic N) is 4. The molecular weight excluding hydrogens is 323 g/mol. The average molecular weight is 340 g/mol. The zero-order chi connectivity index (χ0) is 17.6. The standard InChI is InChI=1S/C18H17FN4O2/c1-23(2)16-9-3-13(4-10-16)11-20-24-12-17-21-22-18(25-17)14-5-7-15(19)8-6-14/h3-11H,12H2,1-2H3/b20-11+. The van der Waals surface area contributed by atoms with Crippen LogP contribution >= 0.6 is 0 Å². The molecule has 2 aromatic carbocycles. The minimum Gasteiger partial charge on any atom is -0.417 e. The zero-order valence-corrected chi connectivity index (χ0v) is 13.9. The molecule has 0 saturated heterocycles. The molecule has 0 N–H and O–H groups in total. The van der Waals surface area contributed by atoms with E-state index in [1.54, 1.807) is 18.3 Å². The van der Waals surface area contributed by atoms with Crippen molar-refractivity contribution in [3.63, 3.8) is 0 Å². The monoisotopic (exact) mass is 340 g/mol. The largest absolute Gasteiger partial charge is 0.417 e. The van der Waals surface area contributed by atoms with Crippen molar-refractivity contribution in [2.45, 2.75) is 6.61 Å². The summed E-state index contributed by atoms with van der Waals surface area (Å²) in [7, 11) is 3.97. The van der Waals surface area contributed by atoms with E-state index < -0.39 is 0 Å². The first kappa shape index (κ1) is 16.6. The van der Waals surface area contributed by atoms with Crippen molar-refractivity contribution in [2.24, 2.45) is 5.16 Å². The quantitative estimate of drug-likeness (QED) is 0.508. The smallest absolute Gasteiger partial charge is 0.257 e. The fraction of sp³-hybridized carbons (Fsp3) is 0.167. The normalized spacial score (nSPS) is 11.0. The topological polar surface area (TPSA) is 63.8 Å². The van der Waals surface area contributed by atoms with Crippen LogP contribution in [0.15, 0.2) is 58.1 Å². The average Bonchev–Trinajstić information content (AvgIpc) is 3.09. The lowest BCUT2D eigenvalue weighted by Crippen LogP contribution is -2.08. The summed E-state index contributed by atoms with van der Waals surface area (Å²) in [4.78, 5) is 7.19. The molecular formula is C18H17FN4O2. The Bertz CT molecular complexity index is 842. The molecule has 1 aromatic heterocycles. The Morgan fingerprint density at radius 3 is 2.48 bits per heavy atom. The van der Waals surface area contributed by atoms with Crippen molar-refractivity contribution in [1.82, 2.24) is 10.2 Å². The number of rotatable bonds is 6. The van der Waals surface area contributed by atoms with Crippen LogP contribution in [0.5, 0.6) is 0 Å². The van der Waals surface area contributed by atoms with E-state index in [1.165, 1.54) is 12.1 Å². The summed E-state index contributed by atoms with van der Waals surface area (Å²) in [5.74, 6) is 0.279. The maximum Gasteiger partial charge on any atom is 0.257 e. The molecule has 0 unspecified atom stereocenters. The van der Waals surface area contributed by atoms with Gasteiger partial charge in [-0.1, -0.05) is 17.3 Å². The molecule has 6 nitrogen and oxygen atoms in total. The van der Waals surface area contributed by atoms with Crippen LogP contribution in [0.25, 0.3) is 11.5 Å². The number of oxime groups is 1. The molecule has 25 heavy (non-hydrogen) atoms. The molecule has 128 valence electrons. The highest BCUT2D eigenvalue weighted by molar-refractivity contribution is 5.79. The Morgan fingerprint density at radius 2 is 1.80 bits per heavy atom. The van der Waals surface area contributed by atoms with Crippen LogP contribution in [0.3, 0.4) is 0 Å². The molecule has 0 aliphatic heterocycles. The van der Waals surface area contributed by atoms with E-state index >= 15 is 0 Å². The van der Waals surface area contributed by atoms with Gasteiger partial charge in [0, 0.05) is 25.3 Å². The van der Waals surface area contributed by atoms with Crippen molar-refractivity contribution < 1.29 is 13.6 Å². The highest BCUT2D eigenvalue weighted by Crippen LogP contribution is 2.18. The SMILES string of the molecule is CN(C)c1ccc(/C=N/OCc2nnc(-c3ccc(F)cc3)o2)cc1. The van der Waals surface area contributed by atoms with Crippen molar-refractivity contribution in [1.29, 1.82) is 0 Å². The molecule has 0 fully saturated rings. The third-order valence-corrected chi connectivity index (χ3v) is 3.43. The number of anilines is 1. The second kappa shape index (κ2) is 7.57. The van der Waals surface area contributed by atoms with Gasteiger partial charge >= 0.3 is 0 Å². The summed E-state index contributed by atoms with van der Waals surface area (Å²) in [6, 6.07) is 13.7. The van der Waals surface area contributed by atoms with E-state index in [0.717, 1.165) is 11.3 Å². The van der Waals surface area contributed by atoms with Crippen molar-refractivity contribution in [2.75, 3.05) is 19.0 Å². The Kier molecular flexibility index (Phi) is 5.03. The third-order valence-electron chi connectivity index (χ3n) is 3.43. The summed E-state index contributed by atoms with van der Waals surface area (Å²) in [5.41, 5.74) is 2.67. The van der Waals surface area contributed by atoms with Gasteiger partial charge in [0.05, 0.1) is 6.21 Å². The molecule has 0 aliphatic carbocycles. The van der Waals surface area contributed by atoms with Crippen LogP contribution in [0, 0.1) is 5.82 Å². The van der Waals surface area contributed by atoms with Gasteiger partial charge in [-0.05, 0) is 42.0 Å². The van der Waals surface area contributed by atoms with Crippen molar-refractivity contribution >= 4 is 11.9 Å². The van der Waals surface area contributed by atoms with E-state index in [-0.39, 0.29) is 12.4 Å². The number of hydrogen-bond donors (Lipinski definition) is 0. The van der Waals surface area contributed by atoms with Gasteiger partial charge in [0.15, 0.2) is 6.61 Å². The highest BCUT2D eigenvalue weighted by Gasteiger charge is 2.08. The molecule has 0 amide bonds. The van der Waals surface area contributed by atoms with Crippen LogP contribution < -0.4 is 4.90 Å². The molecule has 1 heterocycles. The van der Waals surface area contributed by atoms with Gasteiger partial charge in [0.2, 0.25) is 5.89 Å². The maximum atomic E-state index is 12.9. The Hall–Kier alpha value is -3.22. The highest BCUT2D eigenvalue weighted by atomic mass is 19.1. The number of aromatic nitrogens is 2. The number of benzene rings is 2. The minimum atomic E-state index is -0.320. The molecule has 0 aliphatic rings. The molecule has 7 heteroatoms. The summed E-state index contributed by atoms with van der Waals surface area (Å²) in [5, 5.41) is 11.7. The van der Waals surface area contributed by atoms with E-state index in [2.05, 4.69) is 15.4 Å². The van der Waals surface area contributed by atoms with Gasteiger partial charge < -0.3 is 14.2 Å². The van der Waals surface area contributed by atoms with Crippen LogP contribution in [-0.4, -0.2) is 30.5 Å². The summed E-state index contributed by atoms with van der Waals surface area (Å²) in [6.07, 6.45) is 1.61. The van der Waals surface area contributed by atoms with Gasteiger partial charge in [-0.15, -0.1) is 10.2 Å². The second-order valence-electron chi connectivity index (χ2n) is 5.50. The van der Waals surface area contributed by atoms with Crippen LogP contribution in [0.2, 0.25) is 0 Å². The van der Waals surface area contributed by atoms with E-state index in [1.807, 2.05) is 43.3 Å². The molecule has 0 spiro atoms. The van der Waals surface area contributed by atoms with E-state index in [0.29, 0.717) is 17.3 Å². The molecule has 0 saturated carbocycles. The maximum absolute atomic E-state index is 12.9. The first-order chi connectivity index (χ1) is 12.1. The second-order valence-corrected chi connectivity index (χ2v) is 5.50. The van der Waals surface area contributed by atoms with Gasteiger partial charge in [-0.25, -0.2) is 4.39 Å². The molecule has 0 radical (unpaired) electrons. The summed E-state index contributed by atoms with van der Waals surface area (Å²) >= 11 is 0. The van der Waals surface area contributed by atoms with Gasteiger partial charge in [-0.2, -0.15) is 0 Å². The molecule has 0 atom stereocenters. The van der Waals surface area contributed by atoms with E-state index in [4.69, 9.17) is 9.25 Å². The predicted molar refractivity (Wildman–Crippen MR) is 92.8 cm³/mol. The van der Waals surface area contributed by atoms with Crippen LogP contribution in [0.1, 0.15) is 11.5 Å². The Balaban J connectivity index is 1.54. The lowest BCUT2D eigenvalue weighted by molar-refractivity contribution is 0.112. The first-order valence-corrected chi connectivity index (χ1v) is 7.63. The summed E-state index contributed by atoms with van der Waals surface area (Å²) in [6.45, 7) is 0.0560. The fourth-order valence-electron chi connectivity index (χ4n) is 2.07. The van der Waals surface area contributed by atoms with Crippen molar-refractivity contribution in [3.8, 4) is 11.5 Å². The van der Waals surface area contributed by atoms with Gasteiger partial charge in [0.25, 0.3) is 5.89 Å². The Labute approximate surface area is 144 Å². The lowest BCUT2D eigenvalue weighted by Gasteiger charge is -2.11. The van der Waals surface area contributed by atoms with Gasteiger partial charge in [0.1, 0.15) is 5.82 Å². The molecule has 3 aromatic rings. The fourth-order valence-corrected chi connectivity index (χ4v) is 2.07. The third kappa shape index (κ3) is 4.41. The van der Waals surface area contributed by atoms with Crippen LogP contribution in [-0.2, 0) is 11.4 Å². The van der Waals surface area contributed by atoms with Crippen LogP contribution in [0.4, 0.5) is 10.1 Å².